The van der Waals surface area contributed by atoms with Crippen molar-refractivity contribution in [3.63, 3.8) is 0 Å². The summed E-state index contributed by atoms with van der Waals surface area (Å²) < 4.78 is 27.2. The van der Waals surface area contributed by atoms with Crippen molar-refractivity contribution in [2.75, 3.05) is 26.2 Å². The smallest absolute Gasteiger partial charge is 0.240 e. The molecule has 1 unspecified atom stereocenters. The fourth-order valence-corrected chi connectivity index (χ4v) is 5.06. The number of hydrogen-bond acceptors (Lipinski definition) is 4. The number of nitrogens with one attached hydrogen (secondary N) is 3. The van der Waals surface area contributed by atoms with E-state index < -0.39 is 10.0 Å². The second-order valence-electron chi connectivity index (χ2n) is 8.40. The van der Waals surface area contributed by atoms with Crippen LogP contribution in [-0.4, -0.2) is 57.5 Å². The van der Waals surface area contributed by atoms with E-state index in [4.69, 9.17) is 0 Å². The predicted octanol–water partition coefficient (Wildman–Crippen LogP) is 3.06. The van der Waals surface area contributed by atoms with Gasteiger partial charge in [0.15, 0.2) is 5.96 Å². The lowest BCUT2D eigenvalue weighted by Crippen LogP contribution is -2.41. The molecular weight excluding hydrogens is 525 g/mol. The molecule has 3 rings (SSSR count). The molecule has 1 saturated carbocycles. The highest BCUT2D eigenvalue weighted by Gasteiger charge is 2.27. The van der Waals surface area contributed by atoms with Crippen molar-refractivity contribution in [3.05, 3.63) is 29.8 Å². The molecule has 0 radical (unpaired) electrons. The number of halogens is 1. The second-order valence-corrected chi connectivity index (χ2v) is 10.1. The van der Waals surface area contributed by atoms with Crippen LogP contribution in [0, 0.1) is 0 Å². The van der Waals surface area contributed by atoms with Crippen LogP contribution < -0.4 is 15.4 Å². The number of nitrogens with zero attached hydrogens (tertiary/aromatic N) is 2. The molecule has 0 amide bonds. The van der Waals surface area contributed by atoms with E-state index in [9.17, 15) is 8.42 Å². The summed E-state index contributed by atoms with van der Waals surface area (Å²) in [6, 6.07) is 7.82. The molecule has 176 valence electrons. The molecule has 0 bridgehead atoms. The number of rotatable bonds is 10. The van der Waals surface area contributed by atoms with Gasteiger partial charge in [0.05, 0.1) is 11.4 Å². The van der Waals surface area contributed by atoms with Gasteiger partial charge in [-0.1, -0.05) is 18.6 Å². The summed E-state index contributed by atoms with van der Waals surface area (Å²) in [4.78, 5) is 7.55. The summed E-state index contributed by atoms with van der Waals surface area (Å²) in [5.41, 5.74) is 0.986. The Morgan fingerprint density at radius 3 is 2.52 bits per heavy atom. The quantitative estimate of drug-likeness (QED) is 0.176. The van der Waals surface area contributed by atoms with Gasteiger partial charge in [0.2, 0.25) is 10.0 Å². The maximum atomic E-state index is 12.3. The zero-order valence-corrected chi connectivity index (χ0v) is 21.9. The standard InChI is InChI=1S/C22H37N5O2S.HI/c1-3-23-22(24-14-6-16-27-15-5-4-7-18(27)2)25-17-19-8-12-21(13-9-19)30(28,29)26-20-10-11-20;/h8-9,12-13,18,20,26H,3-7,10-11,14-17H2,1-2H3,(H2,23,24,25);1H. The van der Waals surface area contributed by atoms with Gasteiger partial charge < -0.3 is 15.5 Å². The van der Waals surface area contributed by atoms with Crippen LogP contribution in [0.25, 0.3) is 0 Å². The third kappa shape index (κ3) is 8.86. The van der Waals surface area contributed by atoms with Crippen molar-refractivity contribution in [2.45, 2.75) is 75.9 Å². The van der Waals surface area contributed by atoms with Crippen molar-refractivity contribution in [3.8, 4) is 0 Å². The first kappa shape index (κ1) is 26.3. The lowest BCUT2D eigenvalue weighted by atomic mass is 10.0. The number of likely N-dealkylation sites (tertiary alicyclic amines) is 1. The van der Waals surface area contributed by atoms with Gasteiger partial charge in [-0.3, -0.25) is 0 Å². The van der Waals surface area contributed by atoms with Gasteiger partial charge in [0.1, 0.15) is 0 Å². The third-order valence-corrected chi connectivity index (χ3v) is 7.29. The Morgan fingerprint density at radius 2 is 1.87 bits per heavy atom. The zero-order valence-electron chi connectivity index (χ0n) is 18.8. The lowest BCUT2D eigenvalue weighted by molar-refractivity contribution is 0.159. The molecule has 1 atom stereocenters. The molecule has 1 aliphatic heterocycles. The largest absolute Gasteiger partial charge is 0.357 e. The summed E-state index contributed by atoms with van der Waals surface area (Å²) in [6.45, 7) is 8.93. The summed E-state index contributed by atoms with van der Waals surface area (Å²) in [5.74, 6) is 0.802. The fourth-order valence-electron chi connectivity index (χ4n) is 3.75. The molecule has 3 N–H and O–H groups in total. The molecule has 2 fully saturated rings. The van der Waals surface area contributed by atoms with Crippen LogP contribution in [0.3, 0.4) is 0 Å². The molecule has 7 nitrogen and oxygen atoms in total. The molecule has 9 heteroatoms. The zero-order chi connectivity index (χ0) is 21.4. The van der Waals surface area contributed by atoms with Crippen LogP contribution in [0.1, 0.15) is 57.9 Å². The summed E-state index contributed by atoms with van der Waals surface area (Å²) in [6.07, 6.45) is 6.95. The van der Waals surface area contributed by atoms with Gasteiger partial charge >= 0.3 is 0 Å². The van der Waals surface area contributed by atoms with E-state index in [1.165, 1.54) is 25.8 Å². The summed E-state index contributed by atoms with van der Waals surface area (Å²) in [7, 11) is -3.40. The number of piperidine rings is 1. The normalized spacial score (nSPS) is 20.2. The van der Waals surface area contributed by atoms with Crippen LogP contribution in [-0.2, 0) is 16.6 Å². The third-order valence-electron chi connectivity index (χ3n) is 5.75. The average Bonchev–Trinajstić information content (AvgIpc) is 3.54. The van der Waals surface area contributed by atoms with Crippen LogP contribution in [0.4, 0.5) is 0 Å². The van der Waals surface area contributed by atoms with Crippen molar-refractivity contribution < 1.29 is 8.42 Å². The van der Waals surface area contributed by atoms with Crippen LogP contribution >= 0.6 is 24.0 Å². The fraction of sp³-hybridized carbons (Fsp3) is 0.682. The van der Waals surface area contributed by atoms with E-state index in [-0.39, 0.29) is 30.0 Å². The molecular formula is C22H38IN5O2S. The van der Waals surface area contributed by atoms with E-state index in [0.29, 0.717) is 17.5 Å². The highest BCUT2D eigenvalue weighted by molar-refractivity contribution is 14.0. The first-order valence-electron chi connectivity index (χ1n) is 11.4. The van der Waals surface area contributed by atoms with Gasteiger partial charge in [-0.25, -0.2) is 18.1 Å². The van der Waals surface area contributed by atoms with Crippen LogP contribution in [0.2, 0.25) is 0 Å². The maximum absolute atomic E-state index is 12.3. The van der Waals surface area contributed by atoms with Crippen LogP contribution in [0.15, 0.2) is 34.2 Å². The van der Waals surface area contributed by atoms with Gasteiger partial charge in [-0.05, 0) is 70.2 Å². The number of benzene rings is 1. The molecule has 31 heavy (non-hydrogen) atoms. The summed E-state index contributed by atoms with van der Waals surface area (Å²) >= 11 is 0. The highest BCUT2D eigenvalue weighted by Crippen LogP contribution is 2.22. The van der Waals surface area contributed by atoms with E-state index in [1.807, 2.05) is 12.1 Å². The maximum Gasteiger partial charge on any atom is 0.240 e. The summed E-state index contributed by atoms with van der Waals surface area (Å²) in [5, 5.41) is 6.70. The first-order valence-corrected chi connectivity index (χ1v) is 12.8. The molecule has 1 heterocycles. The van der Waals surface area contributed by atoms with Crippen molar-refractivity contribution in [1.29, 1.82) is 0 Å². The Labute approximate surface area is 204 Å². The Balaban J connectivity index is 0.00000341. The molecule has 1 aliphatic carbocycles. The van der Waals surface area contributed by atoms with Crippen molar-refractivity contribution in [2.24, 2.45) is 4.99 Å². The molecule has 1 aromatic rings. The molecule has 0 aromatic heterocycles. The molecule has 2 aliphatic rings. The number of hydrogen-bond donors (Lipinski definition) is 3. The second kappa shape index (κ2) is 13.0. The van der Waals surface area contributed by atoms with E-state index in [2.05, 4.69) is 39.1 Å². The topological polar surface area (TPSA) is 85.8 Å². The van der Waals surface area contributed by atoms with Crippen molar-refractivity contribution >= 4 is 40.0 Å². The molecule has 1 saturated heterocycles. The minimum atomic E-state index is -3.40. The van der Waals surface area contributed by atoms with Gasteiger partial charge in [0, 0.05) is 31.7 Å². The molecule has 1 aromatic carbocycles. The number of aliphatic imine (C=N–C) groups is 1. The van der Waals surface area contributed by atoms with Gasteiger partial charge in [-0.2, -0.15) is 0 Å². The average molecular weight is 564 g/mol. The number of guanidine groups is 1. The first-order chi connectivity index (χ1) is 14.5. The van der Waals surface area contributed by atoms with Gasteiger partial charge in [-0.15, -0.1) is 24.0 Å². The highest BCUT2D eigenvalue weighted by atomic mass is 127. The van der Waals surface area contributed by atoms with Gasteiger partial charge in [0.25, 0.3) is 0 Å². The van der Waals surface area contributed by atoms with E-state index in [0.717, 1.165) is 50.4 Å². The molecule has 0 spiro atoms. The monoisotopic (exact) mass is 563 g/mol. The van der Waals surface area contributed by atoms with E-state index >= 15 is 0 Å². The van der Waals surface area contributed by atoms with E-state index in [1.54, 1.807) is 12.1 Å². The number of sulfonamides is 1. The Bertz CT molecular complexity index is 797. The Kier molecular flexibility index (Phi) is 11.0. The SMILES string of the molecule is CCNC(=NCc1ccc(S(=O)(=O)NC2CC2)cc1)NCCCN1CCCCC1C.I. The lowest BCUT2D eigenvalue weighted by Gasteiger charge is -2.33. The predicted molar refractivity (Wildman–Crippen MR) is 138 cm³/mol. The Morgan fingerprint density at radius 1 is 1.13 bits per heavy atom. The Hall–Kier alpha value is -0.910. The minimum absolute atomic E-state index is 0. The van der Waals surface area contributed by atoms with Crippen LogP contribution in [0.5, 0.6) is 0 Å². The minimum Gasteiger partial charge on any atom is -0.357 e. The van der Waals surface area contributed by atoms with Crippen molar-refractivity contribution in [1.82, 2.24) is 20.3 Å².